The summed E-state index contributed by atoms with van der Waals surface area (Å²) in [5.74, 6) is 1.93. The Labute approximate surface area is 128 Å². The van der Waals surface area contributed by atoms with E-state index in [1.165, 1.54) is 4.68 Å². The maximum Gasteiger partial charge on any atom is 0.323 e. The molecule has 0 radical (unpaired) electrons. The van der Waals surface area contributed by atoms with Crippen molar-refractivity contribution in [1.29, 1.82) is 0 Å². The summed E-state index contributed by atoms with van der Waals surface area (Å²) in [6, 6.07) is -0.279. The average Bonchev–Trinajstić information content (AvgIpc) is 3.04. The van der Waals surface area contributed by atoms with Gasteiger partial charge >= 0.3 is 6.03 Å². The highest BCUT2D eigenvalue weighted by molar-refractivity contribution is 5.87. The van der Waals surface area contributed by atoms with Crippen LogP contribution in [0.3, 0.4) is 0 Å². The van der Waals surface area contributed by atoms with Gasteiger partial charge in [0.2, 0.25) is 5.89 Å². The van der Waals surface area contributed by atoms with Crippen LogP contribution in [0.2, 0.25) is 0 Å². The molecular weight excluding hydrogens is 286 g/mol. The van der Waals surface area contributed by atoms with Crippen LogP contribution >= 0.6 is 0 Å². The molecule has 0 aliphatic rings. The van der Waals surface area contributed by atoms with Crippen molar-refractivity contribution in [3.63, 3.8) is 0 Å². The van der Waals surface area contributed by atoms with Crippen molar-refractivity contribution in [2.75, 3.05) is 11.9 Å². The van der Waals surface area contributed by atoms with Gasteiger partial charge in [-0.3, -0.25) is 10.00 Å². The molecule has 2 amide bonds. The quantitative estimate of drug-likeness (QED) is 0.866. The van der Waals surface area contributed by atoms with Gasteiger partial charge in [-0.2, -0.15) is 4.98 Å². The molecule has 0 atom stereocenters. The first-order chi connectivity index (χ1) is 10.5. The van der Waals surface area contributed by atoms with Crippen molar-refractivity contribution in [3.05, 3.63) is 17.9 Å². The van der Waals surface area contributed by atoms with E-state index in [0.29, 0.717) is 30.0 Å². The zero-order valence-corrected chi connectivity index (χ0v) is 13.3. The Morgan fingerprint density at radius 3 is 2.86 bits per heavy atom. The Bertz CT molecular complexity index is 619. The molecule has 0 saturated carbocycles. The smallest absolute Gasteiger partial charge is 0.323 e. The molecule has 120 valence electrons. The lowest BCUT2D eigenvalue weighted by atomic mass is 10.1. The van der Waals surface area contributed by atoms with Crippen LogP contribution in [0.1, 0.15) is 32.5 Å². The summed E-state index contributed by atoms with van der Waals surface area (Å²) in [7, 11) is 1.73. The lowest BCUT2D eigenvalue weighted by Gasteiger charge is -2.18. The highest BCUT2D eigenvalue weighted by Gasteiger charge is 2.17. The summed E-state index contributed by atoms with van der Waals surface area (Å²) in [5.41, 5.74) is 0. The lowest BCUT2D eigenvalue weighted by molar-refractivity contribution is 0.210. The fourth-order valence-corrected chi connectivity index (χ4v) is 1.88. The minimum atomic E-state index is -0.279. The van der Waals surface area contributed by atoms with E-state index >= 15 is 0 Å². The van der Waals surface area contributed by atoms with Crippen LogP contribution < -0.4 is 5.32 Å². The Hall–Kier alpha value is -2.45. The summed E-state index contributed by atoms with van der Waals surface area (Å²) >= 11 is 0. The van der Waals surface area contributed by atoms with E-state index in [9.17, 15) is 4.79 Å². The number of urea groups is 1. The number of aryl methyl sites for hydroxylation is 1. The third kappa shape index (κ3) is 4.27. The maximum atomic E-state index is 12.2. The monoisotopic (exact) mass is 307 g/mol. The molecule has 0 aliphatic carbocycles. The van der Waals surface area contributed by atoms with Crippen molar-refractivity contribution in [1.82, 2.24) is 30.0 Å². The second-order valence-electron chi connectivity index (χ2n) is 5.42. The van der Waals surface area contributed by atoms with E-state index in [1.54, 1.807) is 18.1 Å². The number of amides is 2. The average molecular weight is 307 g/mol. The molecule has 22 heavy (non-hydrogen) atoms. The van der Waals surface area contributed by atoms with E-state index in [1.807, 2.05) is 6.92 Å². The van der Waals surface area contributed by atoms with Crippen molar-refractivity contribution in [3.8, 4) is 0 Å². The molecule has 0 spiro atoms. The lowest BCUT2D eigenvalue weighted by Crippen LogP contribution is -2.34. The van der Waals surface area contributed by atoms with Gasteiger partial charge in [0.25, 0.3) is 0 Å². The second-order valence-corrected chi connectivity index (χ2v) is 5.42. The van der Waals surface area contributed by atoms with E-state index in [-0.39, 0.29) is 12.6 Å². The Kier molecular flexibility index (Phi) is 5.08. The molecular formula is C13H21N7O2. The van der Waals surface area contributed by atoms with Gasteiger partial charge in [-0.25, -0.2) is 4.79 Å². The van der Waals surface area contributed by atoms with E-state index in [4.69, 9.17) is 4.52 Å². The summed E-state index contributed by atoms with van der Waals surface area (Å²) in [6.45, 7) is 6.84. The fraction of sp³-hybridized carbons (Fsp3) is 0.615. The highest BCUT2D eigenvalue weighted by atomic mass is 16.5. The largest absolute Gasteiger partial charge is 0.339 e. The fourth-order valence-electron chi connectivity index (χ4n) is 1.88. The number of hydrogen-bond donors (Lipinski definition) is 1. The van der Waals surface area contributed by atoms with Crippen molar-refractivity contribution in [2.45, 2.75) is 33.7 Å². The highest BCUT2D eigenvalue weighted by Crippen LogP contribution is 2.08. The van der Waals surface area contributed by atoms with Gasteiger partial charge in [-0.1, -0.05) is 24.2 Å². The third-order valence-corrected chi connectivity index (χ3v) is 2.93. The van der Waals surface area contributed by atoms with Gasteiger partial charge in [0, 0.05) is 20.0 Å². The van der Waals surface area contributed by atoms with E-state index < -0.39 is 0 Å². The first kappa shape index (κ1) is 15.9. The van der Waals surface area contributed by atoms with Gasteiger partial charge in [0.05, 0.1) is 12.7 Å². The van der Waals surface area contributed by atoms with Crippen LogP contribution in [0.5, 0.6) is 0 Å². The Morgan fingerprint density at radius 1 is 1.50 bits per heavy atom. The molecule has 0 unspecified atom stereocenters. The normalized spacial score (nSPS) is 11.0. The van der Waals surface area contributed by atoms with E-state index in [2.05, 4.69) is 39.6 Å². The van der Waals surface area contributed by atoms with Gasteiger partial charge in [0.15, 0.2) is 11.6 Å². The summed E-state index contributed by atoms with van der Waals surface area (Å²) in [4.78, 5) is 18.1. The van der Waals surface area contributed by atoms with Crippen molar-refractivity contribution in [2.24, 2.45) is 13.0 Å². The number of nitrogens with zero attached hydrogens (tertiary/aromatic N) is 6. The van der Waals surface area contributed by atoms with Crippen LogP contribution in [0.15, 0.2) is 10.7 Å². The van der Waals surface area contributed by atoms with Crippen LogP contribution in [0.4, 0.5) is 10.6 Å². The minimum Gasteiger partial charge on any atom is -0.339 e. The molecule has 9 nitrogen and oxygen atoms in total. The zero-order chi connectivity index (χ0) is 16.1. The molecule has 2 aromatic rings. The molecule has 1 N–H and O–H groups in total. The van der Waals surface area contributed by atoms with Gasteiger partial charge in [-0.15, -0.1) is 5.10 Å². The molecule has 0 aromatic carbocycles. The molecule has 2 heterocycles. The number of nitrogens with one attached hydrogen (secondary N) is 1. The number of rotatable bonds is 6. The molecule has 2 rings (SSSR count). The predicted molar refractivity (Wildman–Crippen MR) is 78.9 cm³/mol. The minimum absolute atomic E-state index is 0.279. The molecule has 0 aliphatic heterocycles. The van der Waals surface area contributed by atoms with E-state index in [0.717, 1.165) is 6.42 Å². The Balaban J connectivity index is 1.96. The first-order valence-corrected chi connectivity index (χ1v) is 7.21. The molecule has 0 saturated heterocycles. The predicted octanol–water partition coefficient (Wildman–Crippen LogP) is 1.45. The van der Waals surface area contributed by atoms with Crippen molar-refractivity contribution >= 4 is 11.8 Å². The van der Waals surface area contributed by atoms with Crippen LogP contribution in [0.25, 0.3) is 0 Å². The summed E-state index contributed by atoms with van der Waals surface area (Å²) < 4.78 is 6.69. The standard InChI is InChI=1S/C13H21N7O2/c1-5-20(13(21)15-10-7-19(4)18-16-10)8-11-14-12(22-17-11)6-9(2)3/h7,9H,5-6,8H2,1-4H3,(H,15,21). The van der Waals surface area contributed by atoms with Crippen LogP contribution in [-0.2, 0) is 20.0 Å². The number of hydrogen-bond acceptors (Lipinski definition) is 6. The number of carbonyl (C=O) groups excluding carboxylic acids is 1. The second kappa shape index (κ2) is 7.01. The molecule has 0 bridgehead atoms. The topological polar surface area (TPSA) is 102 Å². The first-order valence-electron chi connectivity index (χ1n) is 7.21. The van der Waals surface area contributed by atoms with Crippen LogP contribution in [-0.4, -0.2) is 42.6 Å². The van der Waals surface area contributed by atoms with Crippen LogP contribution in [0, 0.1) is 5.92 Å². The Morgan fingerprint density at radius 2 is 2.27 bits per heavy atom. The maximum absolute atomic E-state index is 12.2. The van der Waals surface area contributed by atoms with Crippen molar-refractivity contribution < 1.29 is 9.32 Å². The van der Waals surface area contributed by atoms with Gasteiger partial charge in [0.1, 0.15) is 0 Å². The van der Waals surface area contributed by atoms with Gasteiger partial charge < -0.3 is 9.42 Å². The number of carbonyl (C=O) groups is 1. The van der Waals surface area contributed by atoms with Gasteiger partial charge in [-0.05, 0) is 12.8 Å². The molecule has 0 fully saturated rings. The molecule has 2 aromatic heterocycles. The molecule has 9 heteroatoms. The summed E-state index contributed by atoms with van der Waals surface area (Å²) in [5, 5.41) is 14.2. The summed E-state index contributed by atoms with van der Waals surface area (Å²) in [6.07, 6.45) is 2.35. The zero-order valence-electron chi connectivity index (χ0n) is 13.3. The third-order valence-electron chi connectivity index (χ3n) is 2.93. The number of anilines is 1. The number of aromatic nitrogens is 5. The SMILES string of the molecule is CCN(Cc1noc(CC(C)C)n1)C(=O)Nc1cn(C)nn1.